The van der Waals surface area contributed by atoms with Gasteiger partial charge in [0.25, 0.3) is 5.91 Å². The zero-order chi connectivity index (χ0) is 19.7. The van der Waals surface area contributed by atoms with Crippen LogP contribution in [0.25, 0.3) is 10.2 Å². The van der Waals surface area contributed by atoms with Crippen LogP contribution < -0.4 is 4.80 Å². The minimum absolute atomic E-state index is 0.111. The summed E-state index contributed by atoms with van der Waals surface area (Å²) < 4.78 is 36.6. The molecule has 1 amide bonds. The Morgan fingerprint density at radius 3 is 2.70 bits per heavy atom. The molecule has 0 fully saturated rings. The van der Waals surface area contributed by atoms with E-state index in [0.717, 1.165) is 23.1 Å². The monoisotopic (exact) mass is 394 g/mol. The molecule has 0 saturated carbocycles. The van der Waals surface area contributed by atoms with Crippen LogP contribution in [-0.4, -0.2) is 34.0 Å². The predicted molar refractivity (Wildman–Crippen MR) is 98.8 cm³/mol. The van der Waals surface area contributed by atoms with Crippen molar-refractivity contribution >= 4 is 27.5 Å². The number of hydrogen-bond acceptors (Lipinski definition) is 4. The van der Waals surface area contributed by atoms with E-state index in [-0.39, 0.29) is 28.6 Å². The fourth-order valence-electron chi connectivity index (χ4n) is 2.86. The van der Waals surface area contributed by atoms with Gasteiger partial charge in [0, 0.05) is 31.5 Å². The molecule has 0 saturated heterocycles. The Morgan fingerprint density at radius 2 is 2.07 bits per heavy atom. The maximum atomic E-state index is 14.3. The third-order valence-electron chi connectivity index (χ3n) is 4.04. The number of rotatable bonds is 5. The van der Waals surface area contributed by atoms with Crippen molar-refractivity contribution in [1.29, 1.82) is 0 Å². The standard InChI is InChI=1S/C18H20F2N4O2S/c1-10(2)24-11(3)7-14(22-24)17(25)21-18-23(5-6-26-4)16-13(20)8-12(19)9-15(16)27-18/h7-10H,5-6H2,1-4H3. The average Bonchev–Trinajstić information content (AvgIpc) is 3.13. The van der Waals surface area contributed by atoms with Crippen LogP contribution in [0, 0.1) is 18.6 Å². The summed E-state index contributed by atoms with van der Waals surface area (Å²) in [7, 11) is 1.52. The van der Waals surface area contributed by atoms with Gasteiger partial charge >= 0.3 is 0 Å². The summed E-state index contributed by atoms with van der Waals surface area (Å²) in [6.07, 6.45) is 0. The number of carbonyl (C=O) groups excluding carboxylic acids is 1. The van der Waals surface area contributed by atoms with E-state index >= 15 is 0 Å². The molecule has 0 atom stereocenters. The first-order chi connectivity index (χ1) is 12.8. The second-order valence-corrected chi connectivity index (χ2v) is 7.40. The van der Waals surface area contributed by atoms with Crippen LogP contribution in [0.2, 0.25) is 0 Å². The Labute approximate surface area is 158 Å². The van der Waals surface area contributed by atoms with Crippen molar-refractivity contribution < 1.29 is 18.3 Å². The highest BCUT2D eigenvalue weighted by Gasteiger charge is 2.16. The number of ether oxygens (including phenoxy) is 1. The van der Waals surface area contributed by atoms with Gasteiger partial charge in [-0.25, -0.2) is 8.78 Å². The third kappa shape index (κ3) is 3.84. The lowest BCUT2D eigenvalue weighted by Crippen LogP contribution is -2.20. The average molecular weight is 394 g/mol. The molecule has 1 aromatic carbocycles. The van der Waals surface area contributed by atoms with Gasteiger partial charge in [-0.15, -0.1) is 0 Å². The number of carbonyl (C=O) groups is 1. The summed E-state index contributed by atoms with van der Waals surface area (Å²) in [6.45, 7) is 6.37. The SMILES string of the molecule is COCCn1c(=NC(=O)c2cc(C)n(C(C)C)n2)sc2cc(F)cc(F)c21. The van der Waals surface area contributed by atoms with Gasteiger partial charge in [0.15, 0.2) is 16.3 Å². The maximum absolute atomic E-state index is 14.3. The van der Waals surface area contributed by atoms with E-state index in [1.807, 2.05) is 20.8 Å². The molecule has 0 N–H and O–H groups in total. The molecule has 2 heterocycles. The van der Waals surface area contributed by atoms with E-state index in [1.54, 1.807) is 10.7 Å². The topological polar surface area (TPSA) is 61.4 Å². The number of nitrogens with zero attached hydrogens (tertiary/aromatic N) is 4. The summed E-state index contributed by atoms with van der Waals surface area (Å²) in [4.78, 5) is 17.0. The maximum Gasteiger partial charge on any atom is 0.300 e. The Bertz CT molecular complexity index is 1070. The quantitative estimate of drug-likeness (QED) is 0.666. The van der Waals surface area contributed by atoms with Crippen LogP contribution in [0.3, 0.4) is 0 Å². The van der Waals surface area contributed by atoms with Gasteiger partial charge in [0.05, 0.1) is 16.8 Å². The summed E-state index contributed by atoms with van der Waals surface area (Å²) in [5.41, 5.74) is 1.26. The molecule has 0 radical (unpaired) electrons. The number of thiazole rings is 1. The highest BCUT2D eigenvalue weighted by atomic mass is 32.1. The van der Waals surface area contributed by atoms with Gasteiger partial charge in [-0.1, -0.05) is 11.3 Å². The second-order valence-electron chi connectivity index (χ2n) is 6.39. The normalized spacial score (nSPS) is 12.5. The highest BCUT2D eigenvalue weighted by Crippen LogP contribution is 2.22. The van der Waals surface area contributed by atoms with Crippen molar-refractivity contribution in [1.82, 2.24) is 14.3 Å². The first-order valence-corrected chi connectivity index (χ1v) is 9.26. The van der Waals surface area contributed by atoms with Crippen LogP contribution in [0.5, 0.6) is 0 Å². The van der Waals surface area contributed by atoms with Crippen molar-refractivity contribution in [3.05, 3.63) is 46.0 Å². The Hall–Kier alpha value is -2.39. The van der Waals surface area contributed by atoms with Gasteiger partial charge < -0.3 is 9.30 Å². The lowest BCUT2D eigenvalue weighted by Gasteiger charge is -2.06. The Balaban J connectivity index is 2.13. The number of hydrogen-bond donors (Lipinski definition) is 0. The Morgan fingerprint density at radius 1 is 1.33 bits per heavy atom. The molecule has 3 aromatic rings. The molecule has 0 aliphatic carbocycles. The first-order valence-electron chi connectivity index (χ1n) is 8.44. The fraction of sp³-hybridized carbons (Fsp3) is 0.389. The van der Waals surface area contributed by atoms with Gasteiger partial charge in [0.2, 0.25) is 0 Å². The minimum atomic E-state index is -0.703. The van der Waals surface area contributed by atoms with Gasteiger partial charge in [0.1, 0.15) is 5.82 Å². The number of aryl methyl sites for hydroxylation is 1. The molecule has 2 aromatic heterocycles. The van der Waals surface area contributed by atoms with Gasteiger partial charge in [-0.3, -0.25) is 9.48 Å². The summed E-state index contributed by atoms with van der Waals surface area (Å²) in [5, 5.41) is 4.29. The second kappa shape index (κ2) is 7.69. The molecule has 3 rings (SSSR count). The zero-order valence-electron chi connectivity index (χ0n) is 15.5. The molecular formula is C18H20F2N4O2S. The molecule has 27 heavy (non-hydrogen) atoms. The van der Waals surface area contributed by atoms with Gasteiger partial charge in [-0.05, 0) is 32.9 Å². The van der Waals surface area contributed by atoms with E-state index in [9.17, 15) is 13.6 Å². The molecule has 0 aliphatic rings. The molecule has 144 valence electrons. The van der Waals surface area contributed by atoms with Crippen LogP contribution in [0.1, 0.15) is 36.1 Å². The Kier molecular flexibility index (Phi) is 5.52. The summed E-state index contributed by atoms with van der Waals surface area (Å²) >= 11 is 1.05. The summed E-state index contributed by atoms with van der Waals surface area (Å²) in [5.74, 6) is -1.91. The molecular weight excluding hydrogens is 374 g/mol. The molecule has 0 aliphatic heterocycles. The first kappa shape index (κ1) is 19.4. The van der Waals surface area contributed by atoms with Crippen molar-refractivity contribution in [3.8, 4) is 0 Å². The largest absolute Gasteiger partial charge is 0.383 e. The number of benzene rings is 1. The number of aromatic nitrogens is 3. The van der Waals surface area contributed by atoms with Crippen LogP contribution >= 0.6 is 11.3 Å². The molecule has 0 bridgehead atoms. The third-order valence-corrected chi connectivity index (χ3v) is 5.07. The van der Waals surface area contributed by atoms with Gasteiger partial charge in [-0.2, -0.15) is 10.1 Å². The van der Waals surface area contributed by atoms with Crippen LogP contribution in [0.15, 0.2) is 23.2 Å². The van der Waals surface area contributed by atoms with E-state index in [1.165, 1.54) is 17.7 Å². The van der Waals surface area contributed by atoms with Crippen molar-refractivity contribution in [2.75, 3.05) is 13.7 Å². The van der Waals surface area contributed by atoms with Crippen molar-refractivity contribution in [2.45, 2.75) is 33.4 Å². The minimum Gasteiger partial charge on any atom is -0.383 e. The predicted octanol–water partition coefficient (Wildman–Crippen LogP) is 3.45. The van der Waals surface area contributed by atoms with E-state index in [2.05, 4.69) is 10.1 Å². The lowest BCUT2D eigenvalue weighted by molar-refractivity contribution is 0.0991. The molecule has 0 spiro atoms. The number of fused-ring (bicyclic) bond motifs is 1. The fourth-order valence-corrected chi connectivity index (χ4v) is 3.96. The lowest BCUT2D eigenvalue weighted by atomic mass is 10.3. The molecule has 6 nitrogen and oxygen atoms in total. The van der Waals surface area contributed by atoms with Crippen LogP contribution in [0.4, 0.5) is 8.78 Å². The number of amides is 1. The summed E-state index contributed by atoms with van der Waals surface area (Å²) in [6, 6.07) is 3.82. The van der Waals surface area contributed by atoms with E-state index in [0.29, 0.717) is 11.3 Å². The number of methoxy groups -OCH3 is 1. The number of halogens is 2. The van der Waals surface area contributed by atoms with Crippen molar-refractivity contribution in [2.24, 2.45) is 4.99 Å². The van der Waals surface area contributed by atoms with Crippen molar-refractivity contribution in [3.63, 3.8) is 0 Å². The zero-order valence-corrected chi connectivity index (χ0v) is 16.3. The smallest absolute Gasteiger partial charge is 0.300 e. The molecule has 0 unspecified atom stereocenters. The molecule has 9 heteroatoms. The highest BCUT2D eigenvalue weighted by molar-refractivity contribution is 7.16. The van der Waals surface area contributed by atoms with Crippen LogP contribution in [-0.2, 0) is 11.3 Å². The van der Waals surface area contributed by atoms with E-state index in [4.69, 9.17) is 4.74 Å². The van der Waals surface area contributed by atoms with E-state index < -0.39 is 17.5 Å².